The quantitative estimate of drug-likeness (QED) is 0.579. The first-order valence-electron chi connectivity index (χ1n) is 8.43. The van der Waals surface area contributed by atoms with Gasteiger partial charge in [0.1, 0.15) is 0 Å². The van der Waals surface area contributed by atoms with Crippen molar-refractivity contribution in [2.24, 2.45) is 5.92 Å². The van der Waals surface area contributed by atoms with E-state index in [9.17, 15) is 4.79 Å². The molecule has 0 aliphatic rings. The highest BCUT2D eigenvalue weighted by Crippen LogP contribution is 2.23. The van der Waals surface area contributed by atoms with Gasteiger partial charge < -0.3 is 0 Å². The highest BCUT2D eigenvalue weighted by atomic mass is 16.1. The normalized spacial score (nSPS) is 10.9. The molecule has 2 aromatic carbocycles. The van der Waals surface area contributed by atoms with Gasteiger partial charge >= 0.3 is 0 Å². The second kappa shape index (κ2) is 7.93. The van der Waals surface area contributed by atoms with Gasteiger partial charge in [-0.3, -0.25) is 4.79 Å². The number of carbonyl (C=O) groups is 1. The smallest absolute Gasteiger partial charge is 0.165 e. The van der Waals surface area contributed by atoms with E-state index in [1.165, 1.54) is 23.1 Å². The van der Waals surface area contributed by atoms with Crippen LogP contribution in [0, 0.1) is 5.92 Å². The minimum absolute atomic E-state index is 0.152. The molecular formula is C21H26O. The summed E-state index contributed by atoms with van der Waals surface area (Å²) in [5.74, 6) is 0.425. The van der Waals surface area contributed by atoms with Gasteiger partial charge in [0.25, 0.3) is 0 Å². The molecule has 0 radical (unpaired) electrons. The minimum atomic E-state index is 0.152. The first-order chi connectivity index (χ1) is 10.7. The Kier molecular flexibility index (Phi) is 5.94. The number of Topliss-reactive ketones (excluding diaryl/α,β-unsaturated/α-hetero) is 1. The molecule has 0 aliphatic heterocycles. The molecule has 0 aliphatic carbocycles. The lowest BCUT2D eigenvalue weighted by Crippen LogP contribution is -2.12. The van der Waals surface area contributed by atoms with E-state index in [0.29, 0.717) is 0 Å². The third-order valence-electron chi connectivity index (χ3n) is 4.35. The van der Waals surface area contributed by atoms with Crippen LogP contribution < -0.4 is 0 Å². The SMILES string of the molecule is CCCc1ccc(-c2ccc(C(=O)C(CC)CC)cc2)cc1. The van der Waals surface area contributed by atoms with Gasteiger partial charge in [-0.25, -0.2) is 0 Å². The fraction of sp³-hybridized carbons (Fsp3) is 0.381. The van der Waals surface area contributed by atoms with Crippen molar-refractivity contribution in [1.29, 1.82) is 0 Å². The van der Waals surface area contributed by atoms with Crippen LogP contribution in [0.4, 0.5) is 0 Å². The van der Waals surface area contributed by atoms with Gasteiger partial charge in [-0.05, 0) is 36.0 Å². The van der Waals surface area contributed by atoms with Gasteiger partial charge in [0.05, 0.1) is 0 Å². The third-order valence-corrected chi connectivity index (χ3v) is 4.35. The summed E-state index contributed by atoms with van der Waals surface area (Å²) in [6, 6.07) is 16.8. The zero-order valence-corrected chi connectivity index (χ0v) is 13.9. The van der Waals surface area contributed by atoms with Crippen molar-refractivity contribution in [3.8, 4) is 11.1 Å². The number of hydrogen-bond donors (Lipinski definition) is 0. The molecule has 1 heteroatoms. The Balaban J connectivity index is 2.16. The Bertz CT molecular complexity index is 589. The molecule has 0 aromatic heterocycles. The van der Waals surface area contributed by atoms with E-state index in [-0.39, 0.29) is 11.7 Å². The maximum atomic E-state index is 12.4. The molecule has 22 heavy (non-hydrogen) atoms. The van der Waals surface area contributed by atoms with E-state index in [0.717, 1.165) is 24.8 Å². The second-order valence-corrected chi connectivity index (χ2v) is 5.90. The summed E-state index contributed by atoms with van der Waals surface area (Å²) >= 11 is 0. The standard InChI is InChI=1S/C21H26O/c1-4-7-16-8-10-18(11-9-16)19-12-14-20(15-13-19)21(22)17(5-2)6-3/h8-15,17H,4-7H2,1-3H3. The Morgan fingerprint density at radius 1 is 0.818 bits per heavy atom. The Labute approximate surface area is 134 Å². The zero-order valence-electron chi connectivity index (χ0n) is 13.9. The molecule has 0 spiro atoms. The molecule has 0 atom stereocenters. The number of aryl methyl sites for hydroxylation is 1. The average molecular weight is 294 g/mol. The number of hydrogen-bond acceptors (Lipinski definition) is 1. The van der Waals surface area contributed by atoms with Crippen molar-refractivity contribution in [3.05, 3.63) is 59.7 Å². The van der Waals surface area contributed by atoms with Crippen LogP contribution in [0.5, 0.6) is 0 Å². The van der Waals surface area contributed by atoms with Crippen LogP contribution in [0.25, 0.3) is 11.1 Å². The van der Waals surface area contributed by atoms with Crippen LogP contribution in [0.15, 0.2) is 48.5 Å². The summed E-state index contributed by atoms with van der Waals surface area (Å²) in [6.07, 6.45) is 4.13. The summed E-state index contributed by atoms with van der Waals surface area (Å²) < 4.78 is 0. The predicted octanol–water partition coefficient (Wildman–Crippen LogP) is 5.93. The Morgan fingerprint density at radius 2 is 1.32 bits per heavy atom. The molecule has 2 aromatic rings. The van der Waals surface area contributed by atoms with Gasteiger partial charge in [-0.1, -0.05) is 75.7 Å². The van der Waals surface area contributed by atoms with Crippen molar-refractivity contribution in [2.75, 3.05) is 0 Å². The van der Waals surface area contributed by atoms with Gasteiger partial charge in [0.15, 0.2) is 5.78 Å². The summed E-state index contributed by atoms with van der Waals surface area (Å²) in [6.45, 7) is 6.36. The monoisotopic (exact) mass is 294 g/mol. The topological polar surface area (TPSA) is 17.1 Å². The minimum Gasteiger partial charge on any atom is -0.294 e. The highest BCUT2D eigenvalue weighted by Gasteiger charge is 2.16. The van der Waals surface area contributed by atoms with Crippen molar-refractivity contribution in [1.82, 2.24) is 0 Å². The van der Waals surface area contributed by atoms with Crippen LogP contribution in [0.2, 0.25) is 0 Å². The van der Waals surface area contributed by atoms with Gasteiger partial charge in [0, 0.05) is 11.5 Å². The van der Waals surface area contributed by atoms with Crippen molar-refractivity contribution < 1.29 is 4.79 Å². The Hall–Kier alpha value is -1.89. The van der Waals surface area contributed by atoms with Gasteiger partial charge in [0.2, 0.25) is 0 Å². The third kappa shape index (κ3) is 3.85. The van der Waals surface area contributed by atoms with E-state index in [1.54, 1.807) is 0 Å². The largest absolute Gasteiger partial charge is 0.294 e. The number of rotatable bonds is 7. The lowest BCUT2D eigenvalue weighted by molar-refractivity contribution is 0.0913. The van der Waals surface area contributed by atoms with E-state index in [1.807, 2.05) is 12.1 Å². The van der Waals surface area contributed by atoms with Gasteiger partial charge in [-0.2, -0.15) is 0 Å². The fourth-order valence-electron chi connectivity index (χ4n) is 2.87. The molecule has 116 valence electrons. The molecule has 0 unspecified atom stereocenters. The molecule has 0 fully saturated rings. The first kappa shape index (κ1) is 16.5. The first-order valence-corrected chi connectivity index (χ1v) is 8.43. The van der Waals surface area contributed by atoms with Crippen molar-refractivity contribution in [2.45, 2.75) is 46.5 Å². The second-order valence-electron chi connectivity index (χ2n) is 5.90. The molecular weight excluding hydrogens is 268 g/mol. The van der Waals surface area contributed by atoms with Crippen LogP contribution >= 0.6 is 0 Å². The summed E-state index contributed by atoms with van der Waals surface area (Å²) in [4.78, 5) is 12.4. The molecule has 0 saturated heterocycles. The zero-order chi connectivity index (χ0) is 15.9. The number of benzene rings is 2. The van der Waals surface area contributed by atoms with Gasteiger partial charge in [-0.15, -0.1) is 0 Å². The summed E-state index contributed by atoms with van der Waals surface area (Å²) in [7, 11) is 0. The molecule has 0 N–H and O–H groups in total. The molecule has 1 nitrogen and oxygen atoms in total. The molecule has 0 heterocycles. The maximum absolute atomic E-state index is 12.4. The van der Waals surface area contributed by atoms with Crippen molar-refractivity contribution in [3.63, 3.8) is 0 Å². The number of carbonyl (C=O) groups excluding carboxylic acids is 1. The number of ketones is 1. The lowest BCUT2D eigenvalue weighted by atomic mass is 9.92. The van der Waals surface area contributed by atoms with Crippen LogP contribution in [-0.4, -0.2) is 5.78 Å². The van der Waals surface area contributed by atoms with E-state index in [2.05, 4.69) is 57.2 Å². The summed E-state index contributed by atoms with van der Waals surface area (Å²) in [5.41, 5.74) is 4.59. The van der Waals surface area contributed by atoms with Crippen LogP contribution in [-0.2, 0) is 6.42 Å². The van der Waals surface area contributed by atoms with E-state index in [4.69, 9.17) is 0 Å². The molecule has 0 bridgehead atoms. The predicted molar refractivity (Wildman–Crippen MR) is 94.3 cm³/mol. The average Bonchev–Trinajstić information content (AvgIpc) is 2.57. The van der Waals surface area contributed by atoms with Crippen molar-refractivity contribution >= 4 is 5.78 Å². The highest BCUT2D eigenvalue weighted by molar-refractivity contribution is 5.98. The molecule has 0 saturated carbocycles. The molecule has 2 rings (SSSR count). The van der Waals surface area contributed by atoms with E-state index >= 15 is 0 Å². The van der Waals surface area contributed by atoms with E-state index < -0.39 is 0 Å². The van der Waals surface area contributed by atoms with Crippen LogP contribution in [0.1, 0.15) is 56.0 Å². The maximum Gasteiger partial charge on any atom is 0.165 e. The Morgan fingerprint density at radius 3 is 1.77 bits per heavy atom. The molecule has 0 amide bonds. The lowest BCUT2D eigenvalue weighted by Gasteiger charge is -2.11. The fourth-order valence-corrected chi connectivity index (χ4v) is 2.87. The van der Waals surface area contributed by atoms with Crippen LogP contribution in [0.3, 0.4) is 0 Å². The summed E-state index contributed by atoms with van der Waals surface area (Å²) in [5, 5.41) is 0.